The first kappa shape index (κ1) is 26.5. The van der Waals surface area contributed by atoms with Crippen molar-refractivity contribution in [3.63, 3.8) is 0 Å². The van der Waals surface area contributed by atoms with Crippen LogP contribution in [-0.4, -0.2) is 29.7 Å². The van der Waals surface area contributed by atoms with Crippen LogP contribution in [0.4, 0.5) is 0 Å². The van der Waals surface area contributed by atoms with Gasteiger partial charge in [-0.25, -0.2) is 5.43 Å². The first-order valence-corrected chi connectivity index (χ1v) is 12.5. The summed E-state index contributed by atoms with van der Waals surface area (Å²) >= 11 is 18.3. The molecule has 0 atom stereocenters. The number of amides is 2. The number of benzene rings is 4. The molecule has 4 rings (SSSR count). The number of aromatic hydroxyl groups is 1. The number of halogens is 3. The molecule has 0 fully saturated rings. The quantitative estimate of drug-likeness (QED) is 0.180. The van der Waals surface area contributed by atoms with E-state index < -0.39 is 5.91 Å². The monoisotopic (exact) mass is 553 g/mol. The lowest BCUT2D eigenvalue weighted by Gasteiger charge is -2.11. The van der Waals surface area contributed by atoms with Gasteiger partial charge in [0, 0.05) is 27.7 Å². The molecule has 188 valence electrons. The van der Waals surface area contributed by atoms with E-state index in [-0.39, 0.29) is 28.7 Å². The van der Waals surface area contributed by atoms with Crippen LogP contribution in [0.25, 0.3) is 10.8 Å². The second kappa shape index (κ2) is 12.1. The Morgan fingerprint density at radius 3 is 2.32 bits per heavy atom. The zero-order valence-corrected chi connectivity index (χ0v) is 21.7. The number of hydrazone groups is 1. The number of nitrogens with zero attached hydrogens (tertiary/aromatic N) is 1. The van der Waals surface area contributed by atoms with Crippen LogP contribution in [-0.2, 0) is 17.6 Å². The minimum Gasteiger partial charge on any atom is -0.506 e. The van der Waals surface area contributed by atoms with Gasteiger partial charge < -0.3 is 10.4 Å². The number of rotatable bonds is 8. The number of nitrogens with one attached hydrogen (secondary N) is 2. The molecule has 9 heteroatoms. The number of hydrogen-bond acceptors (Lipinski definition) is 4. The van der Waals surface area contributed by atoms with Crippen molar-refractivity contribution in [2.75, 3.05) is 6.54 Å². The van der Waals surface area contributed by atoms with Crippen LogP contribution < -0.4 is 10.7 Å². The molecule has 0 unspecified atom stereocenters. The van der Waals surface area contributed by atoms with Gasteiger partial charge in [0.25, 0.3) is 5.91 Å². The maximum absolute atomic E-state index is 12.7. The van der Waals surface area contributed by atoms with E-state index in [4.69, 9.17) is 34.8 Å². The molecule has 0 bridgehead atoms. The summed E-state index contributed by atoms with van der Waals surface area (Å²) in [5.41, 5.74) is 5.17. The van der Waals surface area contributed by atoms with Gasteiger partial charge in [-0.3, -0.25) is 9.59 Å². The Balaban J connectivity index is 1.42. The molecular formula is C28H22Cl3N3O3. The summed E-state index contributed by atoms with van der Waals surface area (Å²) in [7, 11) is 0. The summed E-state index contributed by atoms with van der Waals surface area (Å²) in [5, 5.41) is 19.5. The van der Waals surface area contributed by atoms with Crippen molar-refractivity contribution >= 4 is 63.6 Å². The number of phenols is 1. The Kier molecular flexibility index (Phi) is 8.66. The lowest BCUT2D eigenvalue weighted by Crippen LogP contribution is -2.27. The van der Waals surface area contributed by atoms with Crippen LogP contribution in [0.5, 0.6) is 5.75 Å². The maximum Gasteiger partial charge on any atom is 0.271 e. The lowest BCUT2D eigenvalue weighted by atomic mass is 9.98. The third-order valence-corrected chi connectivity index (χ3v) is 6.75. The summed E-state index contributed by atoms with van der Waals surface area (Å²) in [4.78, 5) is 25.0. The van der Waals surface area contributed by atoms with Crippen molar-refractivity contribution in [1.82, 2.24) is 10.7 Å². The number of hydrogen-bond donors (Lipinski definition) is 3. The van der Waals surface area contributed by atoms with Crippen LogP contribution in [0.3, 0.4) is 0 Å². The van der Waals surface area contributed by atoms with E-state index in [9.17, 15) is 14.7 Å². The average molecular weight is 555 g/mol. The minimum atomic E-state index is -0.464. The van der Waals surface area contributed by atoms with Gasteiger partial charge in [0.2, 0.25) is 5.91 Å². The Morgan fingerprint density at radius 2 is 1.59 bits per heavy atom. The van der Waals surface area contributed by atoms with E-state index in [0.717, 1.165) is 27.5 Å². The van der Waals surface area contributed by atoms with E-state index in [1.807, 2.05) is 36.4 Å². The topological polar surface area (TPSA) is 90.8 Å². The smallest absolute Gasteiger partial charge is 0.271 e. The highest BCUT2D eigenvalue weighted by molar-refractivity contribution is 6.36. The van der Waals surface area contributed by atoms with Crippen molar-refractivity contribution in [3.8, 4) is 5.75 Å². The fourth-order valence-electron chi connectivity index (χ4n) is 3.86. The molecule has 2 amide bonds. The average Bonchev–Trinajstić information content (AvgIpc) is 2.88. The molecule has 0 spiro atoms. The summed E-state index contributed by atoms with van der Waals surface area (Å²) in [6, 6.07) is 20.9. The van der Waals surface area contributed by atoms with Gasteiger partial charge in [-0.15, -0.1) is 0 Å². The number of carbonyl (C=O) groups excluding carboxylic acids is 2. The molecule has 0 aliphatic heterocycles. The van der Waals surface area contributed by atoms with Crippen LogP contribution in [0, 0.1) is 0 Å². The van der Waals surface area contributed by atoms with Gasteiger partial charge in [0.15, 0.2) is 0 Å². The lowest BCUT2D eigenvalue weighted by molar-refractivity contribution is -0.120. The van der Waals surface area contributed by atoms with E-state index in [0.29, 0.717) is 23.0 Å². The van der Waals surface area contributed by atoms with Gasteiger partial charge in [-0.2, -0.15) is 5.10 Å². The van der Waals surface area contributed by atoms with Crippen molar-refractivity contribution in [2.45, 2.75) is 12.8 Å². The van der Waals surface area contributed by atoms with Gasteiger partial charge in [-0.1, -0.05) is 77.3 Å². The maximum atomic E-state index is 12.7. The summed E-state index contributed by atoms with van der Waals surface area (Å²) < 4.78 is 0. The van der Waals surface area contributed by atoms with Gasteiger partial charge in [0.1, 0.15) is 5.75 Å². The van der Waals surface area contributed by atoms with Crippen LogP contribution in [0.1, 0.15) is 27.0 Å². The normalized spacial score (nSPS) is 11.1. The molecule has 0 saturated heterocycles. The molecule has 6 nitrogen and oxygen atoms in total. The fourth-order valence-corrected chi connectivity index (χ4v) is 4.63. The van der Waals surface area contributed by atoms with E-state index in [1.165, 1.54) is 18.2 Å². The summed E-state index contributed by atoms with van der Waals surface area (Å²) in [6.07, 6.45) is 2.27. The summed E-state index contributed by atoms with van der Waals surface area (Å²) in [5.74, 6) is -0.685. The molecule has 0 aliphatic carbocycles. The molecule has 0 aromatic heterocycles. The van der Waals surface area contributed by atoms with Crippen molar-refractivity contribution < 1.29 is 14.7 Å². The molecule has 37 heavy (non-hydrogen) atoms. The molecule has 4 aromatic carbocycles. The Morgan fingerprint density at radius 1 is 0.865 bits per heavy atom. The Hall–Kier alpha value is -3.58. The summed E-state index contributed by atoms with van der Waals surface area (Å²) in [6.45, 7) is 0.414. The van der Waals surface area contributed by atoms with E-state index >= 15 is 0 Å². The van der Waals surface area contributed by atoms with Crippen LogP contribution in [0.2, 0.25) is 15.1 Å². The molecule has 0 radical (unpaired) electrons. The molecule has 3 N–H and O–H groups in total. The first-order chi connectivity index (χ1) is 17.8. The molecule has 4 aromatic rings. The fraction of sp³-hybridized carbons (Fsp3) is 0.107. The number of carbonyl (C=O) groups is 2. The largest absolute Gasteiger partial charge is 0.506 e. The zero-order valence-electron chi connectivity index (χ0n) is 19.5. The SMILES string of the molecule is O=C(Cc1ccc(/C=N/NC(=O)c2ccc(O)c(Cl)c2)c2ccccc12)NCCc1c(Cl)cccc1Cl. The van der Waals surface area contributed by atoms with Crippen molar-refractivity contribution in [1.29, 1.82) is 0 Å². The molecule has 0 heterocycles. The number of fused-ring (bicyclic) bond motifs is 1. The Labute approximate surface area is 228 Å². The van der Waals surface area contributed by atoms with Gasteiger partial charge >= 0.3 is 0 Å². The minimum absolute atomic E-state index is 0.0786. The standard InChI is InChI=1S/C28H22Cl3N3O3/c29-23-6-3-7-24(30)22(23)12-13-32-27(36)15-17-8-9-19(21-5-2-1-4-20(17)21)16-33-34-28(37)18-10-11-26(35)25(31)14-18/h1-11,14,16,35H,12-13,15H2,(H,32,36)(H,34,37)/b33-16+. The van der Waals surface area contributed by atoms with E-state index in [1.54, 1.807) is 24.4 Å². The van der Waals surface area contributed by atoms with Crippen molar-refractivity contribution in [3.05, 3.63) is 110 Å². The predicted molar refractivity (Wildman–Crippen MR) is 149 cm³/mol. The van der Waals surface area contributed by atoms with Crippen LogP contribution in [0.15, 0.2) is 77.9 Å². The first-order valence-electron chi connectivity index (χ1n) is 11.4. The number of phenolic OH excluding ortho intramolecular Hbond substituents is 1. The van der Waals surface area contributed by atoms with Crippen LogP contribution >= 0.6 is 34.8 Å². The zero-order chi connectivity index (χ0) is 26.4. The highest BCUT2D eigenvalue weighted by Crippen LogP contribution is 2.25. The highest BCUT2D eigenvalue weighted by Gasteiger charge is 2.11. The molecular weight excluding hydrogens is 533 g/mol. The second-order valence-electron chi connectivity index (χ2n) is 8.20. The van der Waals surface area contributed by atoms with Gasteiger partial charge in [0.05, 0.1) is 17.7 Å². The predicted octanol–water partition coefficient (Wildman–Crippen LogP) is 6.17. The van der Waals surface area contributed by atoms with Gasteiger partial charge in [-0.05, 0) is 58.7 Å². The molecule has 0 aliphatic rings. The third kappa shape index (κ3) is 6.60. The highest BCUT2D eigenvalue weighted by atomic mass is 35.5. The third-order valence-electron chi connectivity index (χ3n) is 5.74. The second-order valence-corrected chi connectivity index (χ2v) is 9.42. The Bertz CT molecular complexity index is 1480. The van der Waals surface area contributed by atoms with E-state index in [2.05, 4.69) is 15.8 Å². The molecule has 0 saturated carbocycles. The van der Waals surface area contributed by atoms with Crippen molar-refractivity contribution in [2.24, 2.45) is 5.10 Å².